The highest BCUT2D eigenvalue weighted by Gasteiger charge is 2.47. The van der Waals surface area contributed by atoms with Gasteiger partial charge in [-0.15, -0.1) is 22.7 Å². The minimum atomic E-state index is -0.365. The molecule has 0 N–H and O–H groups in total. The Bertz CT molecular complexity index is 4750. The smallest absolute Gasteiger partial charge is 0.0465 e. The first-order valence-corrected chi connectivity index (χ1v) is 36.1. The van der Waals surface area contributed by atoms with E-state index in [2.05, 4.69) is 283 Å². The molecule has 3 aliphatic carbocycles. The van der Waals surface area contributed by atoms with Crippen molar-refractivity contribution in [3.63, 3.8) is 0 Å². The van der Waals surface area contributed by atoms with Crippen LogP contribution in [0.3, 0.4) is 0 Å². The Hall–Kier alpha value is -8.34. The van der Waals surface area contributed by atoms with Gasteiger partial charge >= 0.3 is 0 Å². The van der Waals surface area contributed by atoms with E-state index in [0.29, 0.717) is 17.3 Å². The van der Waals surface area contributed by atoms with E-state index in [1.54, 1.807) is 22.3 Å². The molecule has 5 atom stereocenters. The number of aryl methyl sites for hydroxylation is 2. The van der Waals surface area contributed by atoms with E-state index >= 15 is 0 Å². The van der Waals surface area contributed by atoms with E-state index in [4.69, 9.17) is 0 Å². The van der Waals surface area contributed by atoms with Crippen LogP contribution in [0.2, 0.25) is 0 Å². The van der Waals surface area contributed by atoms with Crippen molar-refractivity contribution in [3.8, 4) is 33.4 Å². The zero-order chi connectivity index (χ0) is 62.3. The number of anilines is 3. The van der Waals surface area contributed by atoms with Gasteiger partial charge in [0.2, 0.25) is 0 Å². The summed E-state index contributed by atoms with van der Waals surface area (Å²) in [5, 5.41) is 5.30. The maximum Gasteiger partial charge on any atom is 0.0465 e. The lowest BCUT2D eigenvalue weighted by Crippen LogP contribution is -2.32. The molecule has 0 amide bonds. The fourth-order valence-electron chi connectivity index (χ4n) is 17.7. The molecule has 0 bridgehead atoms. The lowest BCUT2D eigenvalue weighted by atomic mass is 9.64. The molecule has 16 rings (SSSR count). The van der Waals surface area contributed by atoms with Crippen molar-refractivity contribution < 1.29 is 0 Å². The Morgan fingerprint density at radius 1 is 0.413 bits per heavy atom. The van der Waals surface area contributed by atoms with Crippen molar-refractivity contribution in [1.82, 2.24) is 0 Å². The molecule has 0 spiro atoms. The molecule has 3 heteroatoms. The van der Waals surface area contributed by atoms with Crippen molar-refractivity contribution in [1.29, 1.82) is 0 Å². The maximum atomic E-state index is 2.72. The summed E-state index contributed by atoms with van der Waals surface area (Å²) in [5.74, 6) is 0.991. The molecule has 0 saturated heterocycles. The molecule has 11 aromatic carbocycles. The largest absolute Gasteiger partial charge is 0.310 e. The van der Waals surface area contributed by atoms with E-state index in [1.807, 2.05) is 22.7 Å². The lowest BCUT2D eigenvalue weighted by Gasteiger charge is -2.39. The van der Waals surface area contributed by atoms with Gasteiger partial charge in [-0.2, -0.15) is 0 Å². The number of rotatable bonds is 18. The second kappa shape index (κ2) is 23.7. The number of thiophene rings is 2. The number of benzene rings is 11. The van der Waals surface area contributed by atoms with Crippen LogP contribution in [0.15, 0.2) is 237 Å². The zero-order valence-corrected chi connectivity index (χ0v) is 56.1. The molecular formula is C89H83NS2. The van der Waals surface area contributed by atoms with Gasteiger partial charge in [0.1, 0.15) is 0 Å². The Morgan fingerprint density at radius 2 is 0.913 bits per heavy atom. The highest BCUT2D eigenvalue weighted by molar-refractivity contribution is 7.26. The predicted molar refractivity (Wildman–Crippen MR) is 398 cm³/mol. The van der Waals surface area contributed by atoms with Crippen molar-refractivity contribution >= 4 is 80.1 Å². The average Bonchev–Trinajstić information content (AvgIpc) is 1.56. The molecule has 2 heterocycles. The number of hydrogen-bond donors (Lipinski definition) is 0. The fourth-order valence-corrected chi connectivity index (χ4v) is 20.2. The minimum absolute atomic E-state index is 0.141. The van der Waals surface area contributed by atoms with E-state index in [9.17, 15) is 0 Å². The Labute approximate surface area is 553 Å². The van der Waals surface area contributed by atoms with Crippen molar-refractivity contribution in [2.24, 2.45) is 0 Å². The van der Waals surface area contributed by atoms with Crippen molar-refractivity contribution in [2.75, 3.05) is 4.90 Å². The van der Waals surface area contributed by atoms with Crippen LogP contribution in [0.4, 0.5) is 17.1 Å². The van der Waals surface area contributed by atoms with Crippen LogP contribution in [0.1, 0.15) is 160 Å². The third-order valence-corrected chi connectivity index (χ3v) is 25.3. The van der Waals surface area contributed by atoms with E-state index in [-0.39, 0.29) is 10.8 Å². The molecular weight excluding hydrogens is 1150 g/mol. The highest BCUT2D eigenvalue weighted by atomic mass is 32.1. The van der Waals surface area contributed by atoms with Crippen molar-refractivity contribution in [3.05, 3.63) is 292 Å². The van der Waals surface area contributed by atoms with Crippen LogP contribution in [0, 0.1) is 0 Å². The first-order chi connectivity index (χ1) is 45.1. The summed E-state index contributed by atoms with van der Waals surface area (Å²) in [4.78, 5) is 2.52. The van der Waals surface area contributed by atoms with Gasteiger partial charge in [-0.3, -0.25) is 0 Å². The fraction of sp³-hybridized carbons (Fsp3) is 0.258. The summed E-state index contributed by atoms with van der Waals surface area (Å²) in [7, 11) is 0. The van der Waals surface area contributed by atoms with E-state index in [0.717, 1.165) is 29.9 Å². The van der Waals surface area contributed by atoms with E-state index < -0.39 is 0 Å². The van der Waals surface area contributed by atoms with E-state index in [1.165, 1.54) is 171 Å². The monoisotopic (exact) mass is 1230 g/mol. The minimum Gasteiger partial charge on any atom is -0.310 e. The van der Waals surface area contributed by atoms with Crippen LogP contribution in [-0.4, -0.2) is 0 Å². The predicted octanol–water partition coefficient (Wildman–Crippen LogP) is 25.7. The van der Waals surface area contributed by atoms with Crippen LogP contribution in [0.5, 0.6) is 0 Å². The lowest BCUT2D eigenvalue weighted by molar-refractivity contribution is 0.311. The van der Waals surface area contributed by atoms with Crippen LogP contribution in [-0.2, 0) is 41.9 Å². The van der Waals surface area contributed by atoms with Gasteiger partial charge in [0, 0.05) is 68.2 Å². The maximum absolute atomic E-state index is 2.72. The van der Waals surface area contributed by atoms with Crippen molar-refractivity contribution in [2.45, 2.75) is 147 Å². The van der Waals surface area contributed by atoms with Gasteiger partial charge in [0.15, 0.2) is 0 Å². The summed E-state index contributed by atoms with van der Waals surface area (Å²) >= 11 is 3.80. The Morgan fingerprint density at radius 3 is 1.50 bits per heavy atom. The van der Waals surface area contributed by atoms with Gasteiger partial charge in [-0.1, -0.05) is 242 Å². The molecule has 0 aliphatic heterocycles. The molecule has 2 aromatic heterocycles. The summed E-state index contributed by atoms with van der Waals surface area (Å²) in [5.41, 5.74) is 26.3. The molecule has 0 saturated carbocycles. The van der Waals surface area contributed by atoms with Gasteiger partial charge in [0.05, 0.1) is 0 Å². The first kappa shape index (κ1) is 58.7. The van der Waals surface area contributed by atoms with Gasteiger partial charge in [-0.05, 0) is 219 Å². The summed E-state index contributed by atoms with van der Waals surface area (Å²) in [6.45, 7) is 14.5. The standard InChI is InChI=1S/C89H83NS2/c1-7-19-58(5)61-35-31-59(32-36-61)56-89(57-60-33-37-64(38-34-60)78(20-8-2)88(10-4)52-50-66-53-80-65(54-81(66)88)49-51-87(80,6)9-3)79-28-14-11-21-72(79)73-48-47-69(55-82(73)89)90(67-43-39-62(40-44-67)70-24-17-26-76-74-22-12-15-29-83(74)91-85(70)76)68-45-41-63(42-46-68)71-25-18-27-77-75-23-13-16-30-84(75)92-86(71)77/h11-18,21-48,53-55,58,78H,7-10,19-20,49-52,56-57H2,1-6H3. The molecule has 0 fully saturated rings. The summed E-state index contributed by atoms with van der Waals surface area (Å²) < 4.78 is 5.33. The average molecular weight is 1230 g/mol. The van der Waals surface area contributed by atoms with Crippen LogP contribution >= 0.6 is 22.7 Å². The first-order valence-electron chi connectivity index (χ1n) is 34.5. The SMILES string of the molecule is CCCC(C)c1ccc(CC2(Cc3ccc(C(CCC)C4(CC)CCc5cc6c(cc54)CCC6(C)CC)cc3)c3ccccc3-c3ccc(N(c4ccc(-c5cccc6c5sc5ccccc56)cc4)c4ccc(-c5cccc6c5sc5ccccc56)cc4)cc32)cc1. The molecule has 456 valence electrons. The second-order valence-corrected chi connectivity index (χ2v) is 29.9. The normalized spacial score (nSPS) is 18.8. The number of hydrogen-bond acceptors (Lipinski definition) is 3. The Balaban J connectivity index is 0.825. The van der Waals surface area contributed by atoms with Crippen LogP contribution in [0.25, 0.3) is 73.7 Å². The highest BCUT2D eigenvalue weighted by Crippen LogP contribution is 2.58. The Kier molecular flexibility index (Phi) is 15.1. The molecule has 5 unspecified atom stereocenters. The molecule has 92 heavy (non-hydrogen) atoms. The quantitative estimate of drug-likeness (QED) is 0.0828. The number of nitrogens with zero attached hydrogens (tertiary/aromatic N) is 1. The summed E-state index contributed by atoms with van der Waals surface area (Å²) in [6.07, 6.45) is 13.8. The third-order valence-electron chi connectivity index (χ3n) is 22.8. The van der Waals surface area contributed by atoms with Crippen LogP contribution < -0.4 is 4.90 Å². The number of fused-ring (bicyclic) bond motifs is 11. The summed E-state index contributed by atoms with van der Waals surface area (Å²) in [6, 6.07) is 92.5. The van der Waals surface area contributed by atoms with Gasteiger partial charge < -0.3 is 4.90 Å². The van der Waals surface area contributed by atoms with Gasteiger partial charge in [-0.25, -0.2) is 0 Å². The zero-order valence-electron chi connectivity index (χ0n) is 54.4. The molecule has 3 aliphatic rings. The molecule has 13 aromatic rings. The third kappa shape index (κ3) is 9.73. The topological polar surface area (TPSA) is 3.24 Å². The molecule has 0 radical (unpaired) electrons. The van der Waals surface area contributed by atoms with Gasteiger partial charge in [0.25, 0.3) is 0 Å². The second-order valence-electron chi connectivity index (χ2n) is 27.8. The molecule has 1 nitrogen and oxygen atoms in total.